The Labute approximate surface area is 101 Å². The average Bonchev–Trinajstić information content (AvgIpc) is 2.90. The highest BCUT2D eigenvalue weighted by Gasteiger charge is 2.19. The molecule has 1 aliphatic carbocycles. The minimum absolute atomic E-state index is 0.543. The van der Waals surface area contributed by atoms with E-state index in [1.54, 1.807) is 0 Å². The van der Waals surface area contributed by atoms with Crippen LogP contribution in [-0.2, 0) is 0 Å². The van der Waals surface area contributed by atoms with Crippen molar-refractivity contribution in [3.8, 4) is 11.3 Å². The van der Waals surface area contributed by atoms with Crippen molar-refractivity contribution in [3.63, 3.8) is 0 Å². The molecule has 0 unspecified atom stereocenters. The van der Waals surface area contributed by atoms with E-state index in [0.29, 0.717) is 6.04 Å². The highest BCUT2D eigenvalue weighted by atomic mass is 15.4. The molecule has 3 heteroatoms. The van der Waals surface area contributed by atoms with E-state index in [9.17, 15) is 0 Å². The summed E-state index contributed by atoms with van der Waals surface area (Å²) < 4.78 is 2.12. The fourth-order valence-electron chi connectivity index (χ4n) is 2.65. The smallest absolute Gasteiger partial charge is 0.0888 e. The second-order valence-corrected chi connectivity index (χ2v) is 4.72. The largest absolute Gasteiger partial charge is 0.242 e. The minimum Gasteiger partial charge on any atom is -0.242 e. The van der Waals surface area contributed by atoms with E-state index in [-0.39, 0.29) is 0 Å². The topological polar surface area (TPSA) is 30.7 Å². The van der Waals surface area contributed by atoms with Crippen LogP contribution < -0.4 is 0 Å². The first kappa shape index (κ1) is 10.5. The highest BCUT2D eigenvalue weighted by molar-refractivity contribution is 5.58. The van der Waals surface area contributed by atoms with Gasteiger partial charge in [0, 0.05) is 5.56 Å². The van der Waals surface area contributed by atoms with Gasteiger partial charge in [-0.3, -0.25) is 0 Å². The van der Waals surface area contributed by atoms with E-state index in [2.05, 4.69) is 39.3 Å². The van der Waals surface area contributed by atoms with Crippen LogP contribution in [0.25, 0.3) is 11.3 Å². The molecule has 3 rings (SSSR count). The van der Waals surface area contributed by atoms with Crippen LogP contribution in [0.1, 0.15) is 38.1 Å². The third kappa shape index (κ3) is 2.09. The molecule has 0 saturated heterocycles. The maximum atomic E-state index is 4.28. The van der Waals surface area contributed by atoms with E-state index in [4.69, 9.17) is 0 Å². The Bertz CT molecular complexity index is 469. The Balaban J connectivity index is 1.93. The van der Waals surface area contributed by atoms with E-state index < -0.39 is 0 Å². The van der Waals surface area contributed by atoms with Crippen molar-refractivity contribution in [3.05, 3.63) is 36.5 Å². The summed E-state index contributed by atoms with van der Waals surface area (Å²) in [7, 11) is 0. The van der Waals surface area contributed by atoms with Gasteiger partial charge in [-0.2, -0.15) is 0 Å². The van der Waals surface area contributed by atoms with Crippen LogP contribution in [0.15, 0.2) is 36.5 Å². The van der Waals surface area contributed by atoms with E-state index in [1.807, 2.05) is 12.3 Å². The van der Waals surface area contributed by atoms with E-state index >= 15 is 0 Å². The van der Waals surface area contributed by atoms with Crippen LogP contribution in [0.5, 0.6) is 0 Å². The monoisotopic (exact) mass is 227 g/mol. The molecule has 1 fully saturated rings. The third-order valence-electron chi connectivity index (χ3n) is 3.56. The van der Waals surface area contributed by atoms with Gasteiger partial charge in [0.1, 0.15) is 0 Å². The maximum absolute atomic E-state index is 4.28. The lowest BCUT2D eigenvalue weighted by atomic mass is 9.95. The Kier molecular flexibility index (Phi) is 2.90. The lowest BCUT2D eigenvalue weighted by Crippen LogP contribution is -2.15. The van der Waals surface area contributed by atoms with Gasteiger partial charge in [-0.15, -0.1) is 5.10 Å². The molecule has 17 heavy (non-hydrogen) atoms. The van der Waals surface area contributed by atoms with Gasteiger partial charge in [0.25, 0.3) is 0 Å². The predicted molar refractivity (Wildman–Crippen MR) is 67.6 cm³/mol. The molecule has 0 atom stereocenters. The van der Waals surface area contributed by atoms with Crippen LogP contribution >= 0.6 is 0 Å². The number of benzene rings is 1. The van der Waals surface area contributed by atoms with Gasteiger partial charge in [0.2, 0.25) is 0 Å². The summed E-state index contributed by atoms with van der Waals surface area (Å²) >= 11 is 0. The Morgan fingerprint density at radius 2 is 1.76 bits per heavy atom. The fraction of sp³-hybridized carbons (Fsp3) is 0.429. The summed E-state index contributed by atoms with van der Waals surface area (Å²) in [5.74, 6) is 0. The van der Waals surface area contributed by atoms with Gasteiger partial charge in [0.15, 0.2) is 0 Å². The van der Waals surface area contributed by atoms with Crippen molar-refractivity contribution in [2.45, 2.75) is 38.1 Å². The molecule has 0 radical (unpaired) electrons. The molecule has 0 N–H and O–H groups in total. The molecule has 0 spiro atoms. The van der Waals surface area contributed by atoms with E-state index in [1.165, 1.54) is 37.7 Å². The number of hydrogen-bond acceptors (Lipinski definition) is 2. The second-order valence-electron chi connectivity index (χ2n) is 4.72. The Hall–Kier alpha value is -1.64. The number of rotatable bonds is 2. The zero-order valence-electron chi connectivity index (χ0n) is 9.92. The van der Waals surface area contributed by atoms with Crippen molar-refractivity contribution in [1.82, 2.24) is 15.0 Å². The van der Waals surface area contributed by atoms with Crippen LogP contribution in [0.3, 0.4) is 0 Å². The van der Waals surface area contributed by atoms with Crippen LogP contribution in [0.2, 0.25) is 0 Å². The molecular weight excluding hydrogens is 210 g/mol. The first-order chi connectivity index (χ1) is 8.45. The molecule has 0 bridgehead atoms. The first-order valence-electron chi connectivity index (χ1n) is 6.41. The molecule has 1 aromatic carbocycles. The molecule has 3 nitrogen and oxygen atoms in total. The van der Waals surface area contributed by atoms with Crippen molar-refractivity contribution in [2.75, 3.05) is 0 Å². The van der Waals surface area contributed by atoms with Crippen molar-refractivity contribution >= 4 is 0 Å². The third-order valence-corrected chi connectivity index (χ3v) is 3.56. The number of aromatic nitrogens is 3. The molecule has 1 aliphatic rings. The predicted octanol–water partition coefficient (Wildman–Crippen LogP) is 3.45. The van der Waals surface area contributed by atoms with Gasteiger partial charge >= 0.3 is 0 Å². The molecule has 1 aromatic heterocycles. The highest BCUT2D eigenvalue weighted by Crippen LogP contribution is 2.31. The summed E-state index contributed by atoms with van der Waals surface area (Å²) in [5.41, 5.74) is 2.36. The zero-order valence-corrected chi connectivity index (χ0v) is 9.92. The van der Waals surface area contributed by atoms with E-state index in [0.717, 1.165) is 5.69 Å². The molecule has 0 aliphatic heterocycles. The SMILES string of the molecule is c1ccc(-c2cnnn2C2CCCCC2)cc1. The Morgan fingerprint density at radius 3 is 2.53 bits per heavy atom. The standard InChI is InChI=1S/C14H17N3/c1-3-7-12(8-4-1)14-11-15-16-17(14)13-9-5-2-6-10-13/h1,3-4,7-8,11,13H,2,5-6,9-10H2. The van der Waals surface area contributed by atoms with Gasteiger partial charge in [-0.25, -0.2) is 4.68 Å². The van der Waals surface area contributed by atoms with Crippen molar-refractivity contribution in [1.29, 1.82) is 0 Å². The quantitative estimate of drug-likeness (QED) is 0.786. The Morgan fingerprint density at radius 1 is 1.00 bits per heavy atom. The molecule has 1 heterocycles. The second kappa shape index (κ2) is 4.70. The lowest BCUT2D eigenvalue weighted by molar-refractivity contribution is 0.327. The fourth-order valence-corrected chi connectivity index (χ4v) is 2.65. The van der Waals surface area contributed by atoms with Crippen molar-refractivity contribution < 1.29 is 0 Å². The molecular formula is C14H17N3. The normalized spacial score (nSPS) is 17.2. The van der Waals surface area contributed by atoms with Gasteiger partial charge in [-0.1, -0.05) is 54.8 Å². The molecule has 0 amide bonds. The molecule has 88 valence electrons. The van der Waals surface area contributed by atoms with Crippen molar-refractivity contribution in [2.24, 2.45) is 0 Å². The number of hydrogen-bond donors (Lipinski definition) is 0. The van der Waals surface area contributed by atoms with Gasteiger partial charge in [0.05, 0.1) is 17.9 Å². The van der Waals surface area contributed by atoms with Crippen LogP contribution in [0, 0.1) is 0 Å². The summed E-state index contributed by atoms with van der Waals surface area (Å²) in [6.45, 7) is 0. The molecule has 1 saturated carbocycles. The van der Waals surface area contributed by atoms with Gasteiger partial charge < -0.3 is 0 Å². The summed E-state index contributed by atoms with van der Waals surface area (Å²) in [4.78, 5) is 0. The van der Waals surface area contributed by atoms with Crippen LogP contribution in [-0.4, -0.2) is 15.0 Å². The summed E-state index contributed by atoms with van der Waals surface area (Å²) in [6.07, 6.45) is 8.36. The van der Waals surface area contributed by atoms with Gasteiger partial charge in [-0.05, 0) is 12.8 Å². The maximum Gasteiger partial charge on any atom is 0.0888 e. The summed E-state index contributed by atoms with van der Waals surface area (Å²) in [6, 6.07) is 11.0. The number of nitrogens with zero attached hydrogens (tertiary/aromatic N) is 3. The summed E-state index contributed by atoms with van der Waals surface area (Å²) in [5, 5.41) is 8.37. The molecule has 2 aromatic rings. The minimum atomic E-state index is 0.543. The average molecular weight is 227 g/mol. The first-order valence-corrected chi connectivity index (χ1v) is 6.41. The lowest BCUT2D eigenvalue weighted by Gasteiger charge is -2.23. The van der Waals surface area contributed by atoms with Crippen LogP contribution in [0.4, 0.5) is 0 Å². The zero-order chi connectivity index (χ0) is 11.5.